The maximum absolute atomic E-state index is 12.9. The predicted molar refractivity (Wildman–Crippen MR) is 103 cm³/mol. The van der Waals surface area contributed by atoms with Gasteiger partial charge in [-0.25, -0.2) is 4.79 Å². The second-order valence-electron chi connectivity index (χ2n) is 7.31. The molecule has 2 N–H and O–H groups in total. The highest BCUT2D eigenvalue weighted by Gasteiger charge is 2.37. The molecule has 148 valence electrons. The quantitative estimate of drug-likeness (QED) is 0.582. The third-order valence-corrected chi connectivity index (χ3v) is 6.76. The third kappa shape index (κ3) is 4.34. The van der Waals surface area contributed by atoms with Gasteiger partial charge >= 0.3 is 11.9 Å². The fourth-order valence-corrected chi connectivity index (χ4v) is 5.48. The lowest BCUT2D eigenvalue weighted by Gasteiger charge is -2.27. The molecule has 1 fully saturated rings. The van der Waals surface area contributed by atoms with Crippen LogP contribution in [0.15, 0.2) is 0 Å². The summed E-state index contributed by atoms with van der Waals surface area (Å²) >= 11 is 1.45. The summed E-state index contributed by atoms with van der Waals surface area (Å²) in [5.41, 5.74) is 1.49. The van der Waals surface area contributed by atoms with Gasteiger partial charge in [0.2, 0.25) is 5.91 Å². The number of anilines is 1. The van der Waals surface area contributed by atoms with Crippen LogP contribution in [0.2, 0.25) is 0 Å². The number of carbonyl (C=O) groups is 3. The number of carbonyl (C=O) groups excluding carboxylic acids is 2. The Hall–Kier alpha value is -1.89. The summed E-state index contributed by atoms with van der Waals surface area (Å²) in [4.78, 5) is 38.1. The first-order valence-electron chi connectivity index (χ1n) is 9.88. The Kier molecular flexibility index (Phi) is 6.52. The van der Waals surface area contributed by atoms with E-state index in [1.54, 1.807) is 6.92 Å². The molecule has 2 atom stereocenters. The number of hydrogen-bond donors (Lipinski definition) is 2. The van der Waals surface area contributed by atoms with Crippen LogP contribution in [-0.2, 0) is 27.2 Å². The van der Waals surface area contributed by atoms with E-state index in [2.05, 4.69) is 5.32 Å². The molecule has 0 saturated heterocycles. The van der Waals surface area contributed by atoms with E-state index in [9.17, 15) is 19.5 Å². The average Bonchev–Trinajstić information content (AvgIpc) is 2.82. The molecule has 2 aliphatic rings. The number of carboxylic acid groups (broad SMARTS) is 1. The number of ether oxygens (including phenoxy) is 1. The van der Waals surface area contributed by atoms with Crippen LogP contribution in [0.3, 0.4) is 0 Å². The second kappa shape index (κ2) is 8.87. The molecular weight excluding hydrogens is 366 g/mol. The van der Waals surface area contributed by atoms with Crippen LogP contribution in [-0.4, -0.2) is 29.6 Å². The lowest BCUT2D eigenvalue weighted by Crippen LogP contribution is -2.36. The smallest absolute Gasteiger partial charge is 0.341 e. The highest BCUT2D eigenvalue weighted by molar-refractivity contribution is 7.17. The highest BCUT2D eigenvalue weighted by Crippen LogP contribution is 2.39. The molecular formula is C20H27NO5S. The Labute approximate surface area is 163 Å². The van der Waals surface area contributed by atoms with Crippen LogP contribution in [0, 0.1) is 11.8 Å². The first-order chi connectivity index (χ1) is 13.0. The van der Waals surface area contributed by atoms with Crippen molar-refractivity contribution in [2.75, 3.05) is 11.9 Å². The van der Waals surface area contributed by atoms with Crippen LogP contribution in [0.1, 0.15) is 72.7 Å². The lowest BCUT2D eigenvalue weighted by molar-refractivity contribution is -0.147. The molecule has 2 aliphatic carbocycles. The minimum atomic E-state index is -0.914. The summed E-state index contributed by atoms with van der Waals surface area (Å²) in [6.07, 6.45) is 7.74. The lowest BCUT2D eigenvalue weighted by atomic mass is 9.79. The zero-order valence-electron chi connectivity index (χ0n) is 15.7. The summed E-state index contributed by atoms with van der Waals surface area (Å²) in [6, 6.07) is 0. The highest BCUT2D eigenvalue weighted by atomic mass is 32.1. The van der Waals surface area contributed by atoms with Gasteiger partial charge in [0.1, 0.15) is 5.00 Å². The molecule has 0 aromatic carbocycles. The third-order valence-electron chi connectivity index (χ3n) is 5.56. The van der Waals surface area contributed by atoms with Gasteiger partial charge in [0.25, 0.3) is 0 Å². The maximum atomic E-state index is 12.9. The molecule has 27 heavy (non-hydrogen) atoms. The van der Waals surface area contributed by atoms with Crippen LogP contribution >= 0.6 is 11.3 Å². The van der Waals surface area contributed by atoms with Crippen LogP contribution < -0.4 is 5.32 Å². The fourth-order valence-electron chi connectivity index (χ4n) is 4.19. The molecule has 0 unspecified atom stereocenters. The van der Waals surface area contributed by atoms with Crippen molar-refractivity contribution in [1.29, 1.82) is 0 Å². The SMILES string of the molecule is CCOC(=O)c1c(NC(=O)[C@H]2CCCC[C@@H]2C(=O)O)sc2c1CCCCC2. The Morgan fingerprint density at radius 3 is 2.48 bits per heavy atom. The molecule has 0 radical (unpaired) electrons. The first kappa shape index (κ1) is 19.9. The number of hydrogen-bond acceptors (Lipinski definition) is 5. The number of fused-ring (bicyclic) bond motifs is 1. The van der Waals surface area contributed by atoms with Crippen LogP contribution in [0.25, 0.3) is 0 Å². The van der Waals surface area contributed by atoms with Crippen LogP contribution in [0.4, 0.5) is 5.00 Å². The second-order valence-corrected chi connectivity index (χ2v) is 8.42. The Balaban J connectivity index is 1.88. The van der Waals surface area contributed by atoms with E-state index in [-0.39, 0.29) is 12.5 Å². The van der Waals surface area contributed by atoms with Gasteiger partial charge in [0.15, 0.2) is 0 Å². The summed E-state index contributed by atoms with van der Waals surface area (Å²) < 4.78 is 5.24. The van der Waals surface area contributed by atoms with Gasteiger partial charge in [-0.05, 0) is 51.0 Å². The first-order valence-corrected chi connectivity index (χ1v) is 10.7. The van der Waals surface area contributed by atoms with Gasteiger partial charge in [-0.1, -0.05) is 19.3 Å². The molecule has 1 aromatic rings. The molecule has 0 aliphatic heterocycles. The molecule has 0 spiro atoms. The minimum absolute atomic E-state index is 0.278. The Morgan fingerprint density at radius 2 is 1.78 bits per heavy atom. The van der Waals surface area contributed by atoms with E-state index in [1.807, 2.05) is 0 Å². The number of aliphatic carboxylic acids is 1. The molecule has 7 heteroatoms. The Bertz CT molecular complexity index is 726. The number of esters is 1. The van der Waals surface area contributed by atoms with Gasteiger partial charge in [0, 0.05) is 4.88 Å². The summed E-state index contributed by atoms with van der Waals surface area (Å²) in [5.74, 6) is -2.80. The van der Waals surface area contributed by atoms with E-state index in [4.69, 9.17) is 4.74 Å². The molecule has 1 heterocycles. The van der Waals surface area contributed by atoms with Gasteiger partial charge in [-0.15, -0.1) is 11.3 Å². The van der Waals surface area contributed by atoms with E-state index >= 15 is 0 Å². The summed E-state index contributed by atoms with van der Waals surface area (Å²) in [7, 11) is 0. The number of nitrogens with one attached hydrogen (secondary N) is 1. The van der Waals surface area contributed by atoms with E-state index in [0.29, 0.717) is 23.4 Å². The maximum Gasteiger partial charge on any atom is 0.341 e. The average molecular weight is 394 g/mol. The zero-order chi connectivity index (χ0) is 19.4. The zero-order valence-corrected chi connectivity index (χ0v) is 16.5. The van der Waals surface area contributed by atoms with Crippen molar-refractivity contribution >= 4 is 34.2 Å². The number of aryl methyl sites for hydroxylation is 1. The molecule has 6 nitrogen and oxygen atoms in total. The minimum Gasteiger partial charge on any atom is -0.481 e. The van der Waals surface area contributed by atoms with Crippen molar-refractivity contribution in [1.82, 2.24) is 0 Å². The van der Waals surface area contributed by atoms with Gasteiger partial charge in [-0.2, -0.15) is 0 Å². The molecule has 1 aromatic heterocycles. The predicted octanol–water partition coefficient (Wildman–Crippen LogP) is 4.02. The summed E-state index contributed by atoms with van der Waals surface area (Å²) in [5, 5.41) is 12.9. The van der Waals surface area contributed by atoms with E-state index < -0.39 is 23.8 Å². The Morgan fingerprint density at radius 1 is 1.07 bits per heavy atom. The topological polar surface area (TPSA) is 92.7 Å². The van der Waals surface area contributed by atoms with E-state index in [0.717, 1.165) is 55.4 Å². The standard InChI is InChI=1S/C20H27NO5S/c1-2-26-20(25)16-14-10-4-3-5-11-15(14)27-18(16)21-17(22)12-8-6-7-9-13(12)19(23)24/h12-13H,2-11H2,1H3,(H,21,22)(H,23,24)/t12-,13-/m0/s1. The molecule has 1 saturated carbocycles. The van der Waals surface area contributed by atoms with Gasteiger partial charge < -0.3 is 15.2 Å². The van der Waals surface area contributed by atoms with Gasteiger partial charge in [-0.3, -0.25) is 9.59 Å². The van der Waals surface area contributed by atoms with Crippen molar-refractivity contribution in [2.24, 2.45) is 11.8 Å². The van der Waals surface area contributed by atoms with Crippen molar-refractivity contribution in [3.8, 4) is 0 Å². The number of thiophene rings is 1. The largest absolute Gasteiger partial charge is 0.481 e. The molecule has 1 amide bonds. The van der Waals surface area contributed by atoms with Crippen molar-refractivity contribution in [2.45, 2.75) is 64.7 Å². The number of carboxylic acids is 1. The fraction of sp³-hybridized carbons (Fsp3) is 0.650. The molecule has 0 bridgehead atoms. The van der Waals surface area contributed by atoms with Crippen LogP contribution in [0.5, 0.6) is 0 Å². The summed E-state index contributed by atoms with van der Waals surface area (Å²) in [6.45, 7) is 2.04. The van der Waals surface area contributed by atoms with Crippen molar-refractivity contribution in [3.05, 3.63) is 16.0 Å². The monoisotopic (exact) mass is 393 g/mol. The van der Waals surface area contributed by atoms with Crippen molar-refractivity contribution < 1.29 is 24.2 Å². The van der Waals surface area contributed by atoms with E-state index in [1.165, 1.54) is 11.3 Å². The van der Waals surface area contributed by atoms with Gasteiger partial charge in [0.05, 0.1) is 24.0 Å². The number of amides is 1. The molecule has 3 rings (SSSR count). The normalized spacial score (nSPS) is 22.4. The van der Waals surface area contributed by atoms with Crippen molar-refractivity contribution in [3.63, 3.8) is 0 Å². The number of rotatable bonds is 5.